The fourth-order valence-corrected chi connectivity index (χ4v) is 5.13. The number of aromatic nitrogens is 1. The van der Waals surface area contributed by atoms with E-state index in [0.29, 0.717) is 25.5 Å². The minimum absolute atomic E-state index is 0.248. The molecule has 3 nitrogen and oxygen atoms in total. The van der Waals surface area contributed by atoms with Crippen LogP contribution in [0.3, 0.4) is 0 Å². The van der Waals surface area contributed by atoms with Gasteiger partial charge >= 0.3 is 0 Å². The number of hydrogen-bond donors (Lipinski definition) is 0. The number of hydrogen-bond acceptors (Lipinski definition) is 3. The van der Waals surface area contributed by atoms with Crippen molar-refractivity contribution in [2.75, 3.05) is 19.8 Å². The molecule has 0 radical (unpaired) electrons. The molecule has 5 aromatic rings. The molecule has 0 saturated carbocycles. The van der Waals surface area contributed by atoms with Crippen molar-refractivity contribution in [2.24, 2.45) is 0 Å². The van der Waals surface area contributed by atoms with Gasteiger partial charge in [-0.2, -0.15) is 0 Å². The number of fused-ring (bicyclic) bond motifs is 1. The van der Waals surface area contributed by atoms with Gasteiger partial charge in [-0.3, -0.25) is 0 Å². The van der Waals surface area contributed by atoms with Crippen molar-refractivity contribution in [1.82, 2.24) is 4.98 Å². The fourth-order valence-electron chi connectivity index (χ4n) is 5.13. The monoisotopic (exact) mass is 497 g/mol. The van der Waals surface area contributed by atoms with E-state index in [1.54, 1.807) is 0 Å². The lowest BCUT2D eigenvalue weighted by atomic mass is 9.67. The molecule has 1 heterocycles. The van der Waals surface area contributed by atoms with Crippen molar-refractivity contribution in [1.29, 1.82) is 0 Å². The van der Waals surface area contributed by atoms with E-state index in [2.05, 4.69) is 102 Å². The predicted molar refractivity (Wildman–Crippen MR) is 154 cm³/mol. The number of rotatable bonds is 11. The second-order valence-corrected chi connectivity index (χ2v) is 9.26. The summed E-state index contributed by atoms with van der Waals surface area (Å²) in [6.07, 6.45) is 7.30. The van der Waals surface area contributed by atoms with Gasteiger partial charge in [0.25, 0.3) is 0 Å². The van der Waals surface area contributed by atoms with Gasteiger partial charge in [0.2, 0.25) is 0 Å². The van der Waals surface area contributed by atoms with Crippen LogP contribution >= 0.6 is 0 Å². The number of terminal acetylenes is 1. The van der Waals surface area contributed by atoms with Crippen LogP contribution in [0.5, 0.6) is 5.75 Å². The van der Waals surface area contributed by atoms with Gasteiger partial charge in [-0.05, 0) is 59.9 Å². The van der Waals surface area contributed by atoms with Crippen LogP contribution in [0, 0.1) is 12.3 Å². The van der Waals surface area contributed by atoms with E-state index in [1.165, 1.54) is 16.7 Å². The highest BCUT2D eigenvalue weighted by Crippen LogP contribution is 2.43. The molecule has 0 aliphatic rings. The standard InChI is InChI=1S/C35H31NO2/c1-2-32-20-19-28-27-33(21-22-34(28)36-32)38-26-25-37-24-12-23-35(29-13-6-3-7-14-29,30-15-8-4-9-16-30)31-17-10-5-11-18-31/h1,3-11,13-22,27H,12,23-26H2. The summed E-state index contributed by atoms with van der Waals surface area (Å²) in [6, 6.07) is 42.1. The van der Waals surface area contributed by atoms with Crippen molar-refractivity contribution in [3.63, 3.8) is 0 Å². The summed E-state index contributed by atoms with van der Waals surface area (Å²) in [5.41, 5.74) is 5.13. The number of benzene rings is 4. The van der Waals surface area contributed by atoms with Gasteiger partial charge in [0, 0.05) is 17.4 Å². The third kappa shape index (κ3) is 5.62. The molecule has 0 spiro atoms. The molecule has 0 unspecified atom stereocenters. The van der Waals surface area contributed by atoms with Crippen LogP contribution in [0.4, 0.5) is 0 Å². The van der Waals surface area contributed by atoms with Crippen LogP contribution in [-0.2, 0) is 10.2 Å². The predicted octanol–water partition coefficient (Wildman–Crippen LogP) is 7.43. The first-order valence-electron chi connectivity index (χ1n) is 13.0. The van der Waals surface area contributed by atoms with E-state index in [0.717, 1.165) is 29.5 Å². The van der Waals surface area contributed by atoms with Crippen LogP contribution < -0.4 is 4.74 Å². The summed E-state index contributed by atoms with van der Waals surface area (Å²) in [7, 11) is 0. The average Bonchev–Trinajstić information content (AvgIpc) is 2.99. The summed E-state index contributed by atoms with van der Waals surface area (Å²) in [6.45, 7) is 1.68. The molecule has 5 rings (SSSR count). The summed E-state index contributed by atoms with van der Waals surface area (Å²) in [4.78, 5) is 4.43. The quantitative estimate of drug-likeness (QED) is 0.108. The Morgan fingerprint density at radius 2 is 1.26 bits per heavy atom. The van der Waals surface area contributed by atoms with E-state index < -0.39 is 0 Å². The molecule has 38 heavy (non-hydrogen) atoms. The SMILES string of the molecule is C#Cc1ccc2cc(OCCOCCCC(c3ccccc3)(c3ccccc3)c3ccccc3)ccc2n1. The summed E-state index contributed by atoms with van der Waals surface area (Å²) >= 11 is 0. The van der Waals surface area contributed by atoms with Gasteiger partial charge in [0.1, 0.15) is 18.1 Å². The first-order chi connectivity index (χ1) is 18.8. The zero-order chi connectivity index (χ0) is 26.0. The Labute approximate surface area is 225 Å². The molecule has 0 saturated heterocycles. The summed E-state index contributed by atoms with van der Waals surface area (Å²) < 4.78 is 11.9. The molecule has 0 aliphatic carbocycles. The molecule has 0 bridgehead atoms. The van der Waals surface area contributed by atoms with E-state index in [4.69, 9.17) is 15.9 Å². The molecule has 188 valence electrons. The fraction of sp³-hybridized carbons (Fsp3) is 0.171. The molecular weight excluding hydrogens is 466 g/mol. The van der Waals surface area contributed by atoms with Crippen molar-refractivity contribution >= 4 is 10.9 Å². The molecule has 4 aromatic carbocycles. The maximum Gasteiger partial charge on any atom is 0.120 e. The van der Waals surface area contributed by atoms with E-state index >= 15 is 0 Å². The first-order valence-corrected chi connectivity index (χ1v) is 13.0. The Morgan fingerprint density at radius 3 is 1.84 bits per heavy atom. The van der Waals surface area contributed by atoms with Crippen LogP contribution in [0.15, 0.2) is 121 Å². The zero-order valence-electron chi connectivity index (χ0n) is 21.4. The maximum atomic E-state index is 6.02. The topological polar surface area (TPSA) is 31.4 Å². The second kappa shape index (κ2) is 12.2. The number of ether oxygens (including phenoxy) is 2. The minimum atomic E-state index is -0.248. The van der Waals surface area contributed by atoms with Crippen LogP contribution in [0.25, 0.3) is 10.9 Å². The summed E-state index contributed by atoms with van der Waals surface area (Å²) in [5, 5.41) is 1.00. The second-order valence-electron chi connectivity index (χ2n) is 9.26. The Bertz CT molecular complexity index is 1390. The third-order valence-electron chi connectivity index (χ3n) is 6.95. The average molecular weight is 498 g/mol. The lowest BCUT2D eigenvalue weighted by Gasteiger charge is -2.36. The highest BCUT2D eigenvalue weighted by Gasteiger charge is 2.35. The Hall–Kier alpha value is -4.39. The molecule has 0 fully saturated rings. The molecule has 0 amide bonds. The minimum Gasteiger partial charge on any atom is -0.491 e. The van der Waals surface area contributed by atoms with E-state index in [9.17, 15) is 0 Å². The normalized spacial score (nSPS) is 11.2. The van der Waals surface area contributed by atoms with Crippen LogP contribution in [0.1, 0.15) is 35.2 Å². The molecule has 1 aromatic heterocycles. The number of nitrogens with zero attached hydrogens (tertiary/aromatic N) is 1. The number of pyridine rings is 1. The Kier molecular flexibility index (Phi) is 8.13. The van der Waals surface area contributed by atoms with E-state index in [-0.39, 0.29) is 5.41 Å². The first kappa shape index (κ1) is 25.3. The smallest absolute Gasteiger partial charge is 0.120 e. The Morgan fingerprint density at radius 1 is 0.658 bits per heavy atom. The maximum absolute atomic E-state index is 6.02. The highest BCUT2D eigenvalue weighted by molar-refractivity contribution is 5.80. The largest absolute Gasteiger partial charge is 0.491 e. The van der Waals surface area contributed by atoms with Gasteiger partial charge in [-0.15, -0.1) is 6.42 Å². The molecule has 0 aliphatic heterocycles. The van der Waals surface area contributed by atoms with Crippen molar-refractivity contribution in [3.05, 3.63) is 144 Å². The third-order valence-corrected chi connectivity index (χ3v) is 6.95. The van der Waals surface area contributed by atoms with Gasteiger partial charge in [0.05, 0.1) is 12.1 Å². The van der Waals surface area contributed by atoms with Gasteiger partial charge in [-0.1, -0.05) is 96.9 Å². The van der Waals surface area contributed by atoms with Crippen LogP contribution in [0.2, 0.25) is 0 Å². The van der Waals surface area contributed by atoms with Gasteiger partial charge in [0.15, 0.2) is 0 Å². The molecule has 0 atom stereocenters. The zero-order valence-corrected chi connectivity index (χ0v) is 21.4. The molecule has 3 heteroatoms. The lowest BCUT2D eigenvalue weighted by molar-refractivity contribution is 0.0956. The Balaban J connectivity index is 1.22. The van der Waals surface area contributed by atoms with Crippen LogP contribution in [-0.4, -0.2) is 24.8 Å². The molecular formula is C35H31NO2. The summed E-state index contributed by atoms with van der Waals surface area (Å²) in [5.74, 6) is 3.37. The lowest BCUT2D eigenvalue weighted by Crippen LogP contribution is -2.30. The van der Waals surface area contributed by atoms with Crippen molar-refractivity contribution in [2.45, 2.75) is 18.3 Å². The van der Waals surface area contributed by atoms with Gasteiger partial charge in [-0.25, -0.2) is 4.98 Å². The molecule has 0 N–H and O–H groups in total. The van der Waals surface area contributed by atoms with Gasteiger partial charge < -0.3 is 9.47 Å². The van der Waals surface area contributed by atoms with Crippen molar-refractivity contribution < 1.29 is 9.47 Å². The van der Waals surface area contributed by atoms with Crippen molar-refractivity contribution in [3.8, 4) is 18.1 Å². The highest BCUT2D eigenvalue weighted by atomic mass is 16.5. The van der Waals surface area contributed by atoms with E-state index in [1.807, 2.05) is 30.3 Å².